The molecule has 2 atom stereocenters. The van der Waals surface area contributed by atoms with Gasteiger partial charge in [0, 0.05) is 45.0 Å². The molecular weight excluding hydrogens is 320 g/mol. The normalized spacial score (nSPS) is 21.3. The number of rotatable bonds is 8. The summed E-state index contributed by atoms with van der Waals surface area (Å²) in [6, 6.07) is 0.315. The first kappa shape index (κ1) is 18.1. The Kier molecular flexibility index (Phi) is 5.88. The van der Waals surface area contributed by atoms with Gasteiger partial charge in [-0.1, -0.05) is 5.16 Å². The van der Waals surface area contributed by atoms with Crippen LogP contribution in [0.15, 0.2) is 16.9 Å². The lowest BCUT2D eigenvalue weighted by molar-refractivity contribution is -0.00136. The first-order chi connectivity index (χ1) is 12.1. The quantitative estimate of drug-likeness (QED) is 0.679. The maximum atomic E-state index is 6.11. The Morgan fingerprint density at radius 1 is 1.32 bits per heavy atom. The second-order valence-corrected chi connectivity index (χ2v) is 6.76. The Bertz CT molecular complexity index is 662. The fourth-order valence-corrected chi connectivity index (χ4v) is 3.57. The molecule has 7 heteroatoms. The number of likely N-dealkylation sites (tertiary alicyclic amines) is 1. The molecule has 1 aliphatic heterocycles. The summed E-state index contributed by atoms with van der Waals surface area (Å²) < 4.78 is 18.4. The van der Waals surface area contributed by atoms with E-state index in [9.17, 15) is 0 Å². The molecule has 0 amide bonds. The smallest absolute Gasteiger partial charge is 0.138 e. The van der Waals surface area contributed by atoms with Crippen molar-refractivity contribution in [3.8, 4) is 0 Å². The number of aromatic nitrogens is 3. The van der Waals surface area contributed by atoms with Crippen molar-refractivity contribution in [2.24, 2.45) is 7.05 Å². The molecule has 0 N–H and O–H groups in total. The minimum atomic E-state index is 0.204. The van der Waals surface area contributed by atoms with Crippen molar-refractivity contribution in [3.05, 3.63) is 35.0 Å². The molecule has 0 unspecified atom stereocenters. The minimum absolute atomic E-state index is 0.204. The van der Waals surface area contributed by atoms with E-state index >= 15 is 0 Å². The fourth-order valence-electron chi connectivity index (χ4n) is 3.57. The predicted molar refractivity (Wildman–Crippen MR) is 93.3 cm³/mol. The van der Waals surface area contributed by atoms with Gasteiger partial charge in [0.15, 0.2) is 0 Å². The highest BCUT2D eigenvalue weighted by atomic mass is 16.5. The molecule has 0 aliphatic carbocycles. The number of nitrogens with zero attached hydrogens (tertiary/aromatic N) is 4. The van der Waals surface area contributed by atoms with E-state index in [4.69, 9.17) is 14.0 Å². The third-order valence-electron chi connectivity index (χ3n) is 4.96. The second-order valence-electron chi connectivity index (χ2n) is 6.76. The van der Waals surface area contributed by atoms with Crippen molar-refractivity contribution in [1.29, 1.82) is 0 Å². The van der Waals surface area contributed by atoms with E-state index in [0.29, 0.717) is 19.3 Å². The van der Waals surface area contributed by atoms with E-state index in [1.165, 1.54) is 11.1 Å². The van der Waals surface area contributed by atoms with Crippen LogP contribution in [0.25, 0.3) is 0 Å². The highest BCUT2D eigenvalue weighted by molar-refractivity contribution is 5.21. The maximum Gasteiger partial charge on any atom is 0.138 e. The summed E-state index contributed by atoms with van der Waals surface area (Å²) in [5, 5.41) is 8.39. The molecule has 0 saturated carbocycles. The van der Waals surface area contributed by atoms with Gasteiger partial charge >= 0.3 is 0 Å². The number of methoxy groups -OCH3 is 1. The van der Waals surface area contributed by atoms with Gasteiger partial charge in [0.2, 0.25) is 0 Å². The van der Waals surface area contributed by atoms with Gasteiger partial charge < -0.3 is 14.0 Å². The third kappa shape index (κ3) is 4.29. The van der Waals surface area contributed by atoms with Gasteiger partial charge in [-0.3, -0.25) is 9.58 Å². The molecule has 3 heterocycles. The topological polar surface area (TPSA) is 65.6 Å². The van der Waals surface area contributed by atoms with Crippen LogP contribution in [-0.4, -0.2) is 58.9 Å². The van der Waals surface area contributed by atoms with Gasteiger partial charge in [-0.05, 0) is 32.3 Å². The molecule has 3 rings (SSSR count). The number of aryl methyl sites for hydroxylation is 3. The monoisotopic (exact) mass is 348 g/mol. The van der Waals surface area contributed by atoms with Crippen LogP contribution in [0.3, 0.4) is 0 Å². The molecule has 1 saturated heterocycles. The van der Waals surface area contributed by atoms with Gasteiger partial charge in [-0.25, -0.2) is 0 Å². The molecule has 2 aromatic heterocycles. The summed E-state index contributed by atoms with van der Waals surface area (Å²) in [5.74, 6) is 0.904. The predicted octanol–water partition coefficient (Wildman–Crippen LogP) is 1.87. The lowest BCUT2D eigenvalue weighted by Gasteiger charge is -2.28. The van der Waals surface area contributed by atoms with Crippen LogP contribution in [0.2, 0.25) is 0 Å². The van der Waals surface area contributed by atoms with Crippen LogP contribution in [0.1, 0.15) is 29.0 Å². The molecule has 1 fully saturated rings. The van der Waals surface area contributed by atoms with E-state index in [1.54, 1.807) is 7.11 Å². The zero-order valence-corrected chi connectivity index (χ0v) is 15.6. The van der Waals surface area contributed by atoms with Crippen molar-refractivity contribution < 1.29 is 14.0 Å². The average molecular weight is 348 g/mol. The molecule has 138 valence electrons. The van der Waals surface area contributed by atoms with Crippen molar-refractivity contribution in [2.45, 2.75) is 45.4 Å². The molecular formula is C18H28N4O3. The SMILES string of the molecule is COCCO[C@H]1CCN(Cc2c(C)noc2C)[C@H]1Cc1cnn(C)c1. The molecule has 0 spiro atoms. The highest BCUT2D eigenvalue weighted by Crippen LogP contribution is 2.27. The molecule has 0 aromatic carbocycles. The van der Waals surface area contributed by atoms with Gasteiger partial charge in [-0.2, -0.15) is 5.10 Å². The Morgan fingerprint density at radius 3 is 2.80 bits per heavy atom. The summed E-state index contributed by atoms with van der Waals surface area (Å²) in [6.07, 6.45) is 6.18. The Hall–Kier alpha value is -1.70. The van der Waals surface area contributed by atoms with Crippen molar-refractivity contribution >= 4 is 0 Å². The second kappa shape index (κ2) is 8.12. The highest BCUT2D eigenvalue weighted by Gasteiger charge is 2.35. The Morgan fingerprint density at radius 2 is 2.16 bits per heavy atom. The zero-order chi connectivity index (χ0) is 17.8. The molecule has 2 aromatic rings. The van der Waals surface area contributed by atoms with E-state index in [2.05, 4.69) is 21.4 Å². The van der Waals surface area contributed by atoms with Crippen LogP contribution in [-0.2, 0) is 29.5 Å². The van der Waals surface area contributed by atoms with E-state index in [1.807, 2.05) is 31.8 Å². The summed E-state index contributed by atoms with van der Waals surface area (Å²) in [6.45, 7) is 7.09. The van der Waals surface area contributed by atoms with Gasteiger partial charge in [0.25, 0.3) is 0 Å². The lowest BCUT2D eigenvalue weighted by Crippen LogP contribution is -2.38. The number of hydrogen-bond donors (Lipinski definition) is 0. The maximum absolute atomic E-state index is 6.11. The standard InChI is InChI=1S/C18H28N4O3/c1-13-16(14(2)25-20-13)12-22-6-5-18(24-8-7-23-4)17(22)9-15-10-19-21(3)11-15/h10-11,17-18H,5-9,12H2,1-4H3/t17-,18-/m0/s1. The molecule has 0 radical (unpaired) electrons. The first-order valence-corrected chi connectivity index (χ1v) is 8.82. The third-order valence-corrected chi connectivity index (χ3v) is 4.96. The van der Waals surface area contributed by atoms with Crippen LogP contribution in [0.4, 0.5) is 0 Å². The Balaban J connectivity index is 1.73. The van der Waals surface area contributed by atoms with Crippen molar-refractivity contribution in [1.82, 2.24) is 19.8 Å². The van der Waals surface area contributed by atoms with Gasteiger partial charge in [0.05, 0.1) is 31.2 Å². The molecule has 7 nitrogen and oxygen atoms in total. The summed E-state index contributed by atoms with van der Waals surface area (Å²) >= 11 is 0. The van der Waals surface area contributed by atoms with Crippen LogP contribution in [0, 0.1) is 13.8 Å². The summed E-state index contributed by atoms with van der Waals surface area (Å²) in [7, 11) is 3.65. The molecule has 25 heavy (non-hydrogen) atoms. The van der Waals surface area contributed by atoms with E-state index in [-0.39, 0.29) is 6.10 Å². The summed E-state index contributed by atoms with van der Waals surface area (Å²) in [5.41, 5.74) is 3.40. The first-order valence-electron chi connectivity index (χ1n) is 8.82. The van der Waals surface area contributed by atoms with E-state index in [0.717, 1.165) is 37.4 Å². The number of hydrogen-bond acceptors (Lipinski definition) is 6. The van der Waals surface area contributed by atoms with E-state index < -0.39 is 0 Å². The Labute approximate surface area is 148 Å². The lowest BCUT2D eigenvalue weighted by atomic mass is 10.0. The van der Waals surface area contributed by atoms with Crippen LogP contribution in [0.5, 0.6) is 0 Å². The van der Waals surface area contributed by atoms with Gasteiger partial charge in [-0.15, -0.1) is 0 Å². The average Bonchev–Trinajstić information content (AvgIpc) is 3.25. The van der Waals surface area contributed by atoms with Gasteiger partial charge in [0.1, 0.15) is 5.76 Å². The molecule has 0 bridgehead atoms. The van der Waals surface area contributed by atoms with Crippen LogP contribution >= 0.6 is 0 Å². The fraction of sp³-hybridized carbons (Fsp3) is 0.667. The van der Waals surface area contributed by atoms with Crippen LogP contribution < -0.4 is 0 Å². The van der Waals surface area contributed by atoms with Crippen molar-refractivity contribution in [3.63, 3.8) is 0 Å². The molecule has 1 aliphatic rings. The summed E-state index contributed by atoms with van der Waals surface area (Å²) in [4.78, 5) is 2.48. The minimum Gasteiger partial charge on any atom is -0.382 e. The van der Waals surface area contributed by atoms with Crippen molar-refractivity contribution in [2.75, 3.05) is 26.9 Å². The largest absolute Gasteiger partial charge is 0.382 e. The zero-order valence-electron chi connectivity index (χ0n) is 15.6. The number of ether oxygens (including phenoxy) is 2.